The summed E-state index contributed by atoms with van der Waals surface area (Å²) in [6.45, 7) is 5.94. The molecule has 4 atom stereocenters. The van der Waals surface area contributed by atoms with Gasteiger partial charge in [-0.05, 0) is 19.8 Å². The number of likely N-dealkylation sites (tertiary alicyclic amines) is 1. The van der Waals surface area contributed by atoms with Gasteiger partial charge in [-0.3, -0.25) is 9.59 Å². The molecule has 1 rings (SSSR count). The van der Waals surface area contributed by atoms with Crippen molar-refractivity contribution in [1.29, 1.82) is 0 Å². The van der Waals surface area contributed by atoms with Crippen LogP contribution in [0.4, 0.5) is 0 Å². The molecule has 1 aliphatic rings. The molecule has 98 valence electrons. The molecule has 0 radical (unpaired) electrons. The Hall–Kier alpha value is -1.10. The van der Waals surface area contributed by atoms with Crippen molar-refractivity contribution in [2.45, 2.75) is 39.3 Å². The number of carboxylic acid groups (broad SMARTS) is 1. The van der Waals surface area contributed by atoms with Gasteiger partial charge in [0.25, 0.3) is 0 Å². The first-order chi connectivity index (χ1) is 7.90. The number of piperidine rings is 1. The number of hydrogen-bond acceptors (Lipinski definition) is 3. The lowest BCUT2D eigenvalue weighted by atomic mass is 9.80. The van der Waals surface area contributed by atoms with Gasteiger partial charge in [-0.25, -0.2) is 0 Å². The number of ether oxygens (including phenoxy) is 1. The molecule has 1 fully saturated rings. The first kappa shape index (κ1) is 14.0. The smallest absolute Gasteiger partial charge is 0.308 e. The molecule has 5 nitrogen and oxygen atoms in total. The molecule has 1 heterocycles. The van der Waals surface area contributed by atoms with E-state index in [-0.39, 0.29) is 23.9 Å². The highest BCUT2D eigenvalue weighted by molar-refractivity contribution is 5.82. The Balaban J connectivity index is 2.89. The SMILES string of the molecule is COCC(C)N1C(=O)CC(C)C(C(=O)O)C1C. The summed E-state index contributed by atoms with van der Waals surface area (Å²) in [5.74, 6) is -1.41. The number of carbonyl (C=O) groups is 2. The number of hydrogen-bond donors (Lipinski definition) is 1. The second-order valence-electron chi connectivity index (χ2n) is 4.89. The summed E-state index contributed by atoms with van der Waals surface area (Å²) in [6, 6.07) is -0.370. The largest absolute Gasteiger partial charge is 0.481 e. The molecule has 0 saturated carbocycles. The maximum Gasteiger partial charge on any atom is 0.308 e. The third-order valence-corrected chi connectivity index (χ3v) is 3.52. The number of amides is 1. The minimum atomic E-state index is -0.827. The molecule has 0 aromatic carbocycles. The molecule has 1 aliphatic heterocycles. The van der Waals surface area contributed by atoms with Gasteiger partial charge in [0.05, 0.1) is 18.6 Å². The van der Waals surface area contributed by atoms with Gasteiger partial charge < -0.3 is 14.7 Å². The van der Waals surface area contributed by atoms with Crippen molar-refractivity contribution in [1.82, 2.24) is 4.90 Å². The topological polar surface area (TPSA) is 66.8 Å². The van der Waals surface area contributed by atoms with Crippen LogP contribution < -0.4 is 0 Å². The summed E-state index contributed by atoms with van der Waals surface area (Å²) in [4.78, 5) is 24.9. The fourth-order valence-corrected chi connectivity index (χ4v) is 2.80. The van der Waals surface area contributed by atoms with Gasteiger partial charge in [-0.2, -0.15) is 0 Å². The van der Waals surface area contributed by atoms with Crippen molar-refractivity contribution in [2.75, 3.05) is 13.7 Å². The Morgan fingerprint density at radius 1 is 1.59 bits per heavy atom. The Morgan fingerprint density at radius 2 is 2.18 bits per heavy atom. The molecule has 1 saturated heterocycles. The molecule has 17 heavy (non-hydrogen) atoms. The van der Waals surface area contributed by atoms with Crippen LogP contribution in [0.1, 0.15) is 27.2 Å². The molecule has 0 aliphatic carbocycles. The highest BCUT2D eigenvalue weighted by Gasteiger charge is 2.43. The van der Waals surface area contributed by atoms with Crippen molar-refractivity contribution in [2.24, 2.45) is 11.8 Å². The van der Waals surface area contributed by atoms with E-state index in [1.807, 2.05) is 13.8 Å². The molecular formula is C12H21NO4. The standard InChI is InChI=1S/C12H21NO4/c1-7-5-10(14)13(8(2)6-17-4)9(3)11(7)12(15)16/h7-9,11H,5-6H2,1-4H3,(H,15,16). The van der Waals surface area contributed by atoms with E-state index in [9.17, 15) is 14.7 Å². The van der Waals surface area contributed by atoms with Crippen molar-refractivity contribution >= 4 is 11.9 Å². The first-order valence-corrected chi connectivity index (χ1v) is 5.93. The second kappa shape index (κ2) is 5.49. The summed E-state index contributed by atoms with van der Waals surface area (Å²) >= 11 is 0. The number of carboxylic acids is 1. The van der Waals surface area contributed by atoms with Crippen LogP contribution in [0.15, 0.2) is 0 Å². The zero-order valence-electron chi connectivity index (χ0n) is 10.8. The Bertz CT molecular complexity index is 305. The Morgan fingerprint density at radius 3 is 2.65 bits per heavy atom. The fraction of sp³-hybridized carbons (Fsp3) is 0.833. The molecule has 0 bridgehead atoms. The molecule has 0 aromatic rings. The molecule has 0 spiro atoms. The van der Waals surface area contributed by atoms with Crippen LogP contribution in [0.25, 0.3) is 0 Å². The van der Waals surface area contributed by atoms with E-state index in [0.29, 0.717) is 13.0 Å². The fourth-order valence-electron chi connectivity index (χ4n) is 2.80. The summed E-state index contributed by atoms with van der Waals surface area (Å²) < 4.78 is 5.03. The predicted octanol–water partition coefficient (Wildman–Crippen LogP) is 0.979. The van der Waals surface area contributed by atoms with E-state index in [2.05, 4.69) is 0 Å². The van der Waals surface area contributed by atoms with E-state index < -0.39 is 11.9 Å². The van der Waals surface area contributed by atoms with Gasteiger partial charge in [0, 0.05) is 19.6 Å². The summed E-state index contributed by atoms with van der Waals surface area (Å²) in [6.07, 6.45) is 0.301. The molecule has 1 amide bonds. The number of nitrogens with zero attached hydrogens (tertiary/aromatic N) is 1. The number of aliphatic carboxylic acids is 1. The van der Waals surface area contributed by atoms with Crippen LogP contribution in [0.5, 0.6) is 0 Å². The van der Waals surface area contributed by atoms with Gasteiger partial charge >= 0.3 is 5.97 Å². The van der Waals surface area contributed by atoms with E-state index in [4.69, 9.17) is 4.74 Å². The lowest BCUT2D eigenvalue weighted by Gasteiger charge is -2.43. The maximum atomic E-state index is 12.0. The molecule has 4 unspecified atom stereocenters. The van der Waals surface area contributed by atoms with Gasteiger partial charge in [-0.15, -0.1) is 0 Å². The van der Waals surface area contributed by atoms with E-state index in [1.165, 1.54) is 0 Å². The van der Waals surface area contributed by atoms with Gasteiger partial charge in [0.1, 0.15) is 0 Å². The first-order valence-electron chi connectivity index (χ1n) is 5.93. The monoisotopic (exact) mass is 243 g/mol. The lowest BCUT2D eigenvalue weighted by Crippen LogP contribution is -2.56. The summed E-state index contributed by atoms with van der Waals surface area (Å²) in [5, 5.41) is 9.23. The zero-order chi connectivity index (χ0) is 13.2. The highest BCUT2D eigenvalue weighted by atomic mass is 16.5. The van der Waals surface area contributed by atoms with Crippen molar-refractivity contribution in [3.8, 4) is 0 Å². The minimum absolute atomic E-state index is 0.0204. The molecule has 5 heteroatoms. The molecule has 1 N–H and O–H groups in total. The second-order valence-corrected chi connectivity index (χ2v) is 4.89. The van der Waals surface area contributed by atoms with E-state index in [0.717, 1.165) is 0 Å². The van der Waals surface area contributed by atoms with Crippen molar-refractivity contribution < 1.29 is 19.4 Å². The predicted molar refractivity (Wildman–Crippen MR) is 62.6 cm³/mol. The van der Waals surface area contributed by atoms with Crippen molar-refractivity contribution in [3.05, 3.63) is 0 Å². The average molecular weight is 243 g/mol. The number of carbonyl (C=O) groups excluding carboxylic acids is 1. The van der Waals surface area contributed by atoms with Crippen LogP contribution in [0.2, 0.25) is 0 Å². The van der Waals surface area contributed by atoms with Crippen LogP contribution >= 0.6 is 0 Å². The third-order valence-electron chi connectivity index (χ3n) is 3.52. The van der Waals surface area contributed by atoms with Crippen LogP contribution in [0, 0.1) is 11.8 Å². The molecular weight excluding hydrogens is 222 g/mol. The van der Waals surface area contributed by atoms with Gasteiger partial charge in [0.15, 0.2) is 0 Å². The van der Waals surface area contributed by atoms with Crippen LogP contribution in [-0.2, 0) is 14.3 Å². The quantitative estimate of drug-likeness (QED) is 0.799. The lowest BCUT2D eigenvalue weighted by molar-refractivity contribution is -0.157. The maximum absolute atomic E-state index is 12.0. The summed E-state index contributed by atoms with van der Waals surface area (Å²) in [5.41, 5.74) is 0. The zero-order valence-corrected chi connectivity index (χ0v) is 10.8. The van der Waals surface area contributed by atoms with Crippen LogP contribution in [-0.4, -0.2) is 47.7 Å². The average Bonchev–Trinajstić information content (AvgIpc) is 2.15. The van der Waals surface area contributed by atoms with Gasteiger partial charge in [0.2, 0.25) is 5.91 Å². The normalized spacial score (nSPS) is 31.4. The van der Waals surface area contributed by atoms with Gasteiger partial charge in [-0.1, -0.05) is 6.92 Å². The Labute approximate surface area is 102 Å². The minimum Gasteiger partial charge on any atom is -0.481 e. The number of methoxy groups -OCH3 is 1. The number of rotatable bonds is 4. The Kier molecular flexibility index (Phi) is 4.51. The third kappa shape index (κ3) is 2.77. The summed E-state index contributed by atoms with van der Waals surface area (Å²) in [7, 11) is 1.58. The van der Waals surface area contributed by atoms with E-state index in [1.54, 1.807) is 18.9 Å². The van der Waals surface area contributed by atoms with Crippen LogP contribution in [0.3, 0.4) is 0 Å². The molecule has 0 aromatic heterocycles. The van der Waals surface area contributed by atoms with Crippen molar-refractivity contribution in [3.63, 3.8) is 0 Å². The van der Waals surface area contributed by atoms with E-state index >= 15 is 0 Å². The highest BCUT2D eigenvalue weighted by Crippen LogP contribution is 2.31.